The number of carbonyl (C=O) groups is 4. The van der Waals surface area contributed by atoms with E-state index in [9.17, 15) is 19.2 Å². The molecular weight excluding hydrogens is 590 g/mol. The number of likely N-dealkylation sites (tertiary alicyclic amines) is 1. The van der Waals surface area contributed by atoms with E-state index in [1.165, 1.54) is 0 Å². The molecule has 2 aliphatic heterocycles. The fourth-order valence-electron chi connectivity index (χ4n) is 5.53. The van der Waals surface area contributed by atoms with Crippen LogP contribution in [0.15, 0.2) is 30.5 Å². The maximum Gasteiger partial charge on any atom is 0.408 e. The Balaban J connectivity index is 1.47. The lowest BCUT2D eigenvalue weighted by atomic mass is 10.0. The third-order valence-electron chi connectivity index (χ3n) is 7.53. The van der Waals surface area contributed by atoms with Crippen LogP contribution in [0.1, 0.15) is 64.9 Å². The normalized spacial score (nSPS) is 18.5. The Bertz CT molecular complexity index is 1290. The highest BCUT2D eigenvalue weighted by Crippen LogP contribution is 2.52. The summed E-state index contributed by atoms with van der Waals surface area (Å²) in [7, 11) is 0. The van der Waals surface area contributed by atoms with Crippen LogP contribution in [0, 0.1) is 0 Å². The number of ether oxygens (including phenoxy) is 1. The van der Waals surface area contributed by atoms with Crippen LogP contribution in [0.25, 0.3) is 10.9 Å². The van der Waals surface area contributed by atoms with Gasteiger partial charge < -0.3 is 25.3 Å². The van der Waals surface area contributed by atoms with Crippen LogP contribution in [0.5, 0.6) is 0 Å². The van der Waals surface area contributed by atoms with Crippen molar-refractivity contribution in [1.29, 1.82) is 0 Å². The first-order valence-electron chi connectivity index (χ1n) is 14.8. The van der Waals surface area contributed by atoms with Crippen LogP contribution < -0.4 is 16.1 Å². The van der Waals surface area contributed by atoms with Gasteiger partial charge in [0.25, 0.3) is 0 Å². The lowest BCUT2D eigenvalue weighted by molar-refractivity contribution is -0.140. The number of carbonyl (C=O) groups excluding carboxylic acids is 4. The maximum atomic E-state index is 14.3. The highest BCUT2D eigenvalue weighted by Gasteiger charge is 2.52. The Morgan fingerprint density at radius 1 is 1.12 bits per heavy atom. The Morgan fingerprint density at radius 3 is 2.56 bits per heavy atom. The molecule has 0 bridgehead atoms. The van der Waals surface area contributed by atoms with Crippen molar-refractivity contribution in [3.05, 3.63) is 36.0 Å². The molecule has 1 aromatic carbocycles. The summed E-state index contributed by atoms with van der Waals surface area (Å²) in [5, 5.41) is 15.4. The van der Waals surface area contributed by atoms with Gasteiger partial charge in [-0.05, 0) is 45.2 Å². The monoisotopic (exact) mass is 633 g/mol. The number of hydroxylamine groups is 1. The standard InChI is InChI=1S/C30H43N5O6S2/c1-29(2,3)41-28(39)33-23(16-20-18-32-22-11-8-7-10-21(20)22)27(38)35-19-30(42-14-15-43-30)17-24(35)26(37)31-13-9-5-4-6-12-25(36)34-40/h7-8,10-11,18,23-24,32,40H,4-6,9,12-17,19H2,1-3H3,(H,31,37)(H,33,39)(H,34,36)/t23-,24+/m1/s1. The van der Waals surface area contributed by atoms with Crippen LogP contribution in [-0.4, -0.2) is 85.3 Å². The van der Waals surface area contributed by atoms with Crippen molar-refractivity contribution in [2.24, 2.45) is 0 Å². The molecule has 1 spiro atoms. The molecule has 2 aromatic rings. The van der Waals surface area contributed by atoms with E-state index < -0.39 is 29.7 Å². The Labute approximate surface area is 261 Å². The maximum absolute atomic E-state index is 14.3. The van der Waals surface area contributed by atoms with Crippen LogP contribution in [0.3, 0.4) is 0 Å². The summed E-state index contributed by atoms with van der Waals surface area (Å²) in [6, 6.07) is 6.23. The van der Waals surface area contributed by atoms with Gasteiger partial charge in [0.2, 0.25) is 17.7 Å². The van der Waals surface area contributed by atoms with Gasteiger partial charge in [0.15, 0.2) is 0 Å². The lowest BCUT2D eigenvalue weighted by Crippen LogP contribution is -2.55. The van der Waals surface area contributed by atoms with Gasteiger partial charge in [0.05, 0.1) is 4.08 Å². The van der Waals surface area contributed by atoms with Crippen molar-refractivity contribution >= 4 is 58.2 Å². The molecule has 2 fully saturated rings. The molecule has 43 heavy (non-hydrogen) atoms. The van der Waals surface area contributed by atoms with E-state index in [0.717, 1.165) is 47.2 Å². The number of nitrogens with one attached hydrogen (secondary N) is 4. The van der Waals surface area contributed by atoms with Crippen molar-refractivity contribution in [3.8, 4) is 0 Å². The van der Waals surface area contributed by atoms with Gasteiger partial charge in [-0.25, -0.2) is 10.3 Å². The molecule has 2 saturated heterocycles. The number of fused-ring (bicyclic) bond motifs is 1. The summed E-state index contributed by atoms with van der Waals surface area (Å²) in [5.74, 6) is 1.03. The summed E-state index contributed by atoms with van der Waals surface area (Å²) < 4.78 is 5.27. The van der Waals surface area contributed by atoms with E-state index >= 15 is 0 Å². The second kappa shape index (κ2) is 14.7. The largest absolute Gasteiger partial charge is 0.444 e. The summed E-state index contributed by atoms with van der Waals surface area (Å²) in [6.07, 6.45) is 5.26. The van der Waals surface area contributed by atoms with E-state index in [1.54, 1.807) is 54.7 Å². The number of thioether (sulfide) groups is 2. The summed E-state index contributed by atoms with van der Waals surface area (Å²) in [4.78, 5) is 56.8. The van der Waals surface area contributed by atoms with Crippen molar-refractivity contribution < 1.29 is 29.1 Å². The quantitative estimate of drug-likeness (QED) is 0.134. The fourth-order valence-corrected chi connectivity index (χ4v) is 8.79. The zero-order chi connectivity index (χ0) is 31.0. The molecule has 2 aliphatic rings. The van der Waals surface area contributed by atoms with E-state index in [4.69, 9.17) is 9.94 Å². The predicted octanol–water partition coefficient (Wildman–Crippen LogP) is 3.95. The van der Waals surface area contributed by atoms with E-state index in [1.807, 2.05) is 30.5 Å². The van der Waals surface area contributed by atoms with E-state index in [0.29, 0.717) is 25.9 Å². The molecule has 3 heterocycles. The zero-order valence-corrected chi connectivity index (χ0v) is 26.7. The number of aromatic amines is 1. The number of nitrogens with zero attached hydrogens (tertiary/aromatic N) is 1. The molecule has 4 amide bonds. The third kappa shape index (κ3) is 9.05. The van der Waals surface area contributed by atoms with Gasteiger partial charge in [-0.3, -0.25) is 19.6 Å². The molecule has 0 aliphatic carbocycles. The minimum Gasteiger partial charge on any atom is -0.444 e. The van der Waals surface area contributed by atoms with Crippen molar-refractivity contribution in [1.82, 2.24) is 26.0 Å². The highest BCUT2D eigenvalue weighted by molar-refractivity contribution is 8.21. The molecule has 5 N–H and O–H groups in total. The van der Waals surface area contributed by atoms with Gasteiger partial charge in [-0.15, -0.1) is 23.5 Å². The van der Waals surface area contributed by atoms with Crippen LogP contribution in [0.4, 0.5) is 4.79 Å². The Kier molecular flexibility index (Phi) is 11.3. The Morgan fingerprint density at radius 2 is 1.84 bits per heavy atom. The number of amides is 4. The van der Waals surface area contributed by atoms with Gasteiger partial charge >= 0.3 is 6.09 Å². The van der Waals surface area contributed by atoms with Crippen LogP contribution >= 0.6 is 23.5 Å². The van der Waals surface area contributed by atoms with Gasteiger partial charge in [0.1, 0.15) is 17.7 Å². The first-order valence-corrected chi connectivity index (χ1v) is 16.8. The minimum absolute atomic E-state index is 0.193. The molecule has 13 heteroatoms. The molecule has 4 rings (SSSR count). The SMILES string of the molecule is CC(C)(C)OC(=O)N[C@H](Cc1c[nH]c2ccccc12)C(=O)N1CC2(C[C@H]1C(=O)NCCCCCCC(=O)NO)SCCS2. The number of hydrogen-bond acceptors (Lipinski definition) is 8. The molecular formula is C30H43N5O6S2. The minimum atomic E-state index is -0.924. The number of alkyl carbamates (subject to hydrolysis) is 1. The third-order valence-corrected chi connectivity index (χ3v) is 11.0. The number of unbranched alkanes of at least 4 members (excludes halogenated alkanes) is 3. The van der Waals surface area contributed by atoms with Gasteiger partial charge in [0, 0.05) is 61.0 Å². The smallest absolute Gasteiger partial charge is 0.408 e. The summed E-state index contributed by atoms with van der Waals surface area (Å²) in [5.41, 5.74) is 2.72. The first kappa shape index (κ1) is 33.0. The molecule has 11 nitrogen and oxygen atoms in total. The number of hydrogen-bond donors (Lipinski definition) is 5. The molecule has 1 aromatic heterocycles. The first-order chi connectivity index (χ1) is 20.5. The van der Waals surface area contributed by atoms with Gasteiger partial charge in [-0.1, -0.05) is 31.0 Å². The number of H-pyrrole nitrogens is 1. The number of rotatable bonds is 12. The molecule has 0 unspecified atom stereocenters. The topological polar surface area (TPSA) is 153 Å². The number of benzene rings is 1. The van der Waals surface area contributed by atoms with Crippen molar-refractivity contribution in [2.75, 3.05) is 24.6 Å². The van der Waals surface area contributed by atoms with Crippen molar-refractivity contribution in [2.45, 2.75) is 87.5 Å². The average Bonchev–Trinajstić information content (AvgIpc) is 3.70. The van der Waals surface area contributed by atoms with Crippen LogP contribution in [-0.2, 0) is 25.5 Å². The fraction of sp³-hybridized carbons (Fsp3) is 0.600. The molecule has 0 radical (unpaired) electrons. The van der Waals surface area contributed by atoms with E-state index in [2.05, 4.69) is 15.6 Å². The second-order valence-electron chi connectivity index (χ2n) is 12.0. The summed E-state index contributed by atoms with van der Waals surface area (Å²) in [6.45, 7) is 6.20. The molecule has 236 valence electrons. The van der Waals surface area contributed by atoms with Crippen molar-refractivity contribution in [3.63, 3.8) is 0 Å². The number of para-hydroxylation sites is 1. The summed E-state index contributed by atoms with van der Waals surface area (Å²) >= 11 is 3.60. The predicted molar refractivity (Wildman–Crippen MR) is 169 cm³/mol. The van der Waals surface area contributed by atoms with Crippen LogP contribution in [0.2, 0.25) is 0 Å². The van der Waals surface area contributed by atoms with E-state index in [-0.39, 0.29) is 28.7 Å². The highest BCUT2D eigenvalue weighted by atomic mass is 32.2. The molecule has 2 atom stereocenters. The Hall–Kier alpha value is -2.90. The second-order valence-corrected chi connectivity index (χ2v) is 15.3. The molecule has 0 saturated carbocycles. The lowest BCUT2D eigenvalue weighted by Gasteiger charge is -2.30. The number of aromatic nitrogens is 1. The zero-order valence-electron chi connectivity index (χ0n) is 25.1. The average molecular weight is 634 g/mol. The van der Waals surface area contributed by atoms with Gasteiger partial charge in [-0.2, -0.15) is 0 Å².